The molecule has 2 aromatic rings. The smallest absolute Gasteiger partial charge is 0.223 e. The first kappa shape index (κ1) is 17.5. The zero-order chi connectivity index (χ0) is 17.8. The van der Waals surface area contributed by atoms with Crippen LogP contribution in [0.4, 0.5) is 0 Å². The van der Waals surface area contributed by atoms with Crippen LogP contribution in [0.15, 0.2) is 34.9 Å². The van der Waals surface area contributed by atoms with E-state index in [0.29, 0.717) is 37.0 Å². The Morgan fingerprint density at radius 2 is 2.16 bits per heavy atom. The Balaban J connectivity index is 1.57. The van der Waals surface area contributed by atoms with Gasteiger partial charge in [0.15, 0.2) is 11.7 Å². The SMILES string of the molecule is COc1ccc(-c2cnc(CCC(=O)N3CC(CN)CC3C)o2)cc1. The molecule has 6 heteroatoms. The molecule has 0 bridgehead atoms. The van der Waals surface area contributed by atoms with Crippen LogP contribution in [0, 0.1) is 5.92 Å². The lowest BCUT2D eigenvalue weighted by Gasteiger charge is -2.21. The van der Waals surface area contributed by atoms with Crippen LogP contribution in [0.25, 0.3) is 11.3 Å². The topological polar surface area (TPSA) is 81.6 Å². The Hall–Kier alpha value is -2.34. The van der Waals surface area contributed by atoms with Gasteiger partial charge >= 0.3 is 0 Å². The zero-order valence-electron chi connectivity index (χ0n) is 14.8. The summed E-state index contributed by atoms with van der Waals surface area (Å²) in [6.45, 7) is 3.48. The van der Waals surface area contributed by atoms with Gasteiger partial charge in [0.1, 0.15) is 5.75 Å². The molecular weight excluding hydrogens is 318 g/mol. The van der Waals surface area contributed by atoms with Gasteiger partial charge in [-0.05, 0) is 50.1 Å². The molecule has 1 aromatic heterocycles. The number of aryl methyl sites for hydroxylation is 1. The van der Waals surface area contributed by atoms with Crippen LogP contribution < -0.4 is 10.5 Å². The molecule has 1 aromatic carbocycles. The molecule has 1 fully saturated rings. The Kier molecular flexibility index (Phi) is 5.38. The van der Waals surface area contributed by atoms with Gasteiger partial charge in [-0.3, -0.25) is 4.79 Å². The first-order valence-electron chi connectivity index (χ1n) is 8.69. The van der Waals surface area contributed by atoms with Crippen molar-refractivity contribution in [1.29, 1.82) is 0 Å². The summed E-state index contributed by atoms with van der Waals surface area (Å²) >= 11 is 0. The summed E-state index contributed by atoms with van der Waals surface area (Å²) in [5, 5.41) is 0. The number of carbonyl (C=O) groups is 1. The van der Waals surface area contributed by atoms with E-state index in [1.54, 1.807) is 13.3 Å². The minimum absolute atomic E-state index is 0.146. The fourth-order valence-electron chi connectivity index (χ4n) is 3.33. The van der Waals surface area contributed by atoms with Crippen LogP contribution in [-0.2, 0) is 11.2 Å². The molecule has 0 aliphatic carbocycles. The standard InChI is InChI=1S/C19H25N3O3/c1-13-9-14(10-20)12-22(13)19(23)8-7-18-21-11-17(25-18)15-3-5-16(24-2)6-4-15/h3-6,11,13-14H,7-10,12,20H2,1-2H3. The van der Waals surface area contributed by atoms with E-state index in [-0.39, 0.29) is 11.9 Å². The Morgan fingerprint density at radius 3 is 2.80 bits per heavy atom. The molecular formula is C19H25N3O3. The molecule has 0 radical (unpaired) electrons. The summed E-state index contributed by atoms with van der Waals surface area (Å²) in [4.78, 5) is 18.7. The Morgan fingerprint density at radius 1 is 1.40 bits per heavy atom. The normalized spacial score (nSPS) is 20.0. The van der Waals surface area contributed by atoms with Crippen LogP contribution >= 0.6 is 0 Å². The van der Waals surface area contributed by atoms with Gasteiger partial charge in [0, 0.05) is 31.0 Å². The molecule has 1 aliphatic rings. The van der Waals surface area contributed by atoms with E-state index >= 15 is 0 Å². The number of hydrogen-bond donors (Lipinski definition) is 1. The lowest BCUT2D eigenvalue weighted by atomic mass is 10.1. The van der Waals surface area contributed by atoms with Crippen molar-refractivity contribution in [2.75, 3.05) is 20.2 Å². The number of aromatic nitrogens is 1. The first-order valence-corrected chi connectivity index (χ1v) is 8.69. The maximum absolute atomic E-state index is 12.4. The number of likely N-dealkylation sites (tertiary alicyclic amines) is 1. The molecule has 25 heavy (non-hydrogen) atoms. The summed E-state index contributed by atoms with van der Waals surface area (Å²) < 4.78 is 10.9. The van der Waals surface area contributed by atoms with Gasteiger partial charge in [-0.25, -0.2) is 4.98 Å². The fourth-order valence-corrected chi connectivity index (χ4v) is 3.33. The number of hydrogen-bond acceptors (Lipinski definition) is 5. The van der Waals surface area contributed by atoms with Crippen molar-refractivity contribution >= 4 is 5.91 Å². The number of nitrogens with zero attached hydrogens (tertiary/aromatic N) is 2. The van der Waals surface area contributed by atoms with E-state index in [1.807, 2.05) is 29.2 Å². The maximum Gasteiger partial charge on any atom is 0.223 e. The van der Waals surface area contributed by atoms with E-state index in [2.05, 4.69) is 11.9 Å². The number of methoxy groups -OCH3 is 1. The van der Waals surface area contributed by atoms with E-state index in [4.69, 9.17) is 14.9 Å². The summed E-state index contributed by atoms with van der Waals surface area (Å²) in [5.41, 5.74) is 6.66. The van der Waals surface area contributed by atoms with Crippen molar-refractivity contribution in [2.24, 2.45) is 11.7 Å². The highest BCUT2D eigenvalue weighted by Gasteiger charge is 2.31. The maximum atomic E-state index is 12.4. The largest absolute Gasteiger partial charge is 0.497 e. The molecule has 2 atom stereocenters. The van der Waals surface area contributed by atoms with Gasteiger partial charge in [-0.15, -0.1) is 0 Å². The average molecular weight is 343 g/mol. The molecule has 6 nitrogen and oxygen atoms in total. The number of ether oxygens (including phenoxy) is 1. The lowest BCUT2D eigenvalue weighted by molar-refractivity contribution is -0.131. The van der Waals surface area contributed by atoms with E-state index < -0.39 is 0 Å². The van der Waals surface area contributed by atoms with Gasteiger partial charge in [0.2, 0.25) is 5.91 Å². The number of oxazole rings is 1. The quantitative estimate of drug-likeness (QED) is 0.871. The van der Waals surface area contributed by atoms with E-state index in [9.17, 15) is 4.79 Å². The third-order valence-electron chi connectivity index (χ3n) is 4.80. The number of carbonyl (C=O) groups excluding carboxylic acids is 1. The predicted octanol–water partition coefficient (Wildman–Crippen LogP) is 2.48. The molecule has 1 amide bonds. The highest BCUT2D eigenvalue weighted by Crippen LogP contribution is 2.25. The second-order valence-corrected chi connectivity index (χ2v) is 6.58. The van der Waals surface area contributed by atoms with Gasteiger partial charge < -0.3 is 19.8 Å². The van der Waals surface area contributed by atoms with Crippen molar-refractivity contribution in [2.45, 2.75) is 32.2 Å². The molecule has 0 saturated carbocycles. The Bertz CT molecular complexity index is 711. The second kappa shape index (κ2) is 7.70. The summed E-state index contributed by atoms with van der Waals surface area (Å²) in [6, 6.07) is 7.87. The highest BCUT2D eigenvalue weighted by atomic mass is 16.5. The van der Waals surface area contributed by atoms with Gasteiger partial charge in [-0.2, -0.15) is 0 Å². The monoisotopic (exact) mass is 343 g/mol. The van der Waals surface area contributed by atoms with Crippen LogP contribution in [0.2, 0.25) is 0 Å². The number of rotatable bonds is 6. The molecule has 2 heterocycles. The minimum Gasteiger partial charge on any atom is -0.497 e. The summed E-state index contributed by atoms with van der Waals surface area (Å²) in [6.07, 6.45) is 3.60. The van der Waals surface area contributed by atoms with Crippen molar-refractivity contribution in [3.8, 4) is 17.1 Å². The molecule has 3 rings (SSSR count). The minimum atomic E-state index is 0.146. The van der Waals surface area contributed by atoms with Crippen molar-refractivity contribution in [1.82, 2.24) is 9.88 Å². The van der Waals surface area contributed by atoms with Crippen LogP contribution in [0.1, 0.15) is 25.7 Å². The molecule has 2 unspecified atom stereocenters. The summed E-state index contributed by atoms with van der Waals surface area (Å²) in [7, 11) is 1.63. The molecule has 0 spiro atoms. The molecule has 2 N–H and O–H groups in total. The summed E-state index contributed by atoms with van der Waals surface area (Å²) in [5.74, 6) is 2.64. The van der Waals surface area contributed by atoms with Crippen molar-refractivity contribution in [3.05, 3.63) is 36.4 Å². The number of benzene rings is 1. The van der Waals surface area contributed by atoms with Crippen molar-refractivity contribution < 1.29 is 13.9 Å². The fraction of sp³-hybridized carbons (Fsp3) is 0.474. The number of amides is 1. The van der Waals surface area contributed by atoms with Gasteiger partial charge in [0.25, 0.3) is 0 Å². The van der Waals surface area contributed by atoms with Crippen LogP contribution in [-0.4, -0.2) is 42.0 Å². The van der Waals surface area contributed by atoms with Crippen LogP contribution in [0.3, 0.4) is 0 Å². The van der Waals surface area contributed by atoms with Gasteiger partial charge in [-0.1, -0.05) is 0 Å². The lowest BCUT2D eigenvalue weighted by Crippen LogP contribution is -2.34. The zero-order valence-corrected chi connectivity index (χ0v) is 14.8. The van der Waals surface area contributed by atoms with Crippen LogP contribution in [0.5, 0.6) is 5.75 Å². The average Bonchev–Trinajstić information content (AvgIpc) is 3.26. The third-order valence-corrected chi connectivity index (χ3v) is 4.80. The van der Waals surface area contributed by atoms with Gasteiger partial charge in [0.05, 0.1) is 13.3 Å². The van der Waals surface area contributed by atoms with E-state index in [1.165, 1.54) is 0 Å². The van der Waals surface area contributed by atoms with E-state index in [0.717, 1.165) is 24.3 Å². The Labute approximate surface area is 148 Å². The molecule has 1 aliphatic heterocycles. The highest BCUT2D eigenvalue weighted by molar-refractivity contribution is 5.77. The molecule has 134 valence electrons. The number of nitrogens with two attached hydrogens (primary N) is 1. The predicted molar refractivity (Wildman–Crippen MR) is 95.1 cm³/mol. The third kappa shape index (κ3) is 4.02. The first-order chi connectivity index (χ1) is 12.1. The second-order valence-electron chi connectivity index (χ2n) is 6.58. The van der Waals surface area contributed by atoms with Crippen molar-refractivity contribution in [3.63, 3.8) is 0 Å². The molecule has 1 saturated heterocycles.